The van der Waals surface area contributed by atoms with Crippen LogP contribution in [0.1, 0.15) is 31.7 Å². The van der Waals surface area contributed by atoms with Crippen molar-refractivity contribution in [2.75, 3.05) is 18.8 Å². The number of rotatable bonds is 6. The fourth-order valence-corrected chi connectivity index (χ4v) is 2.32. The Morgan fingerprint density at radius 1 is 1.20 bits per heavy atom. The van der Waals surface area contributed by atoms with E-state index in [2.05, 4.69) is 10.6 Å². The number of nitrogens with two attached hydrogens (primary N) is 1. The smallest absolute Gasteiger partial charge is 0.230 e. The molecule has 5 nitrogen and oxygen atoms in total. The van der Waals surface area contributed by atoms with Gasteiger partial charge < -0.3 is 16.4 Å². The van der Waals surface area contributed by atoms with E-state index >= 15 is 0 Å². The SMILES string of the molecule is CCNC(=O)CCNC(=O)C1(c2ccc(N)cc2)CC1. The predicted molar refractivity (Wildman–Crippen MR) is 78.1 cm³/mol. The Morgan fingerprint density at radius 2 is 1.85 bits per heavy atom. The molecule has 0 aliphatic heterocycles. The van der Waals surface area contributed by atoms with Crippen molar-refractivity contribution < 1.29 is 9.59 Å². The first-order valence-electron chi connectivity index (χ1n) is 6.99. The van der Waals surface area contributed by atoms with E-state index in [4.69, 9.17) is 5.73 Å². The third-order valence-electron chi connectivity index (χ3n) is 3.66. The van der Waals surface area contributed by atoms with Gasteiger partial charge in [-0.05, 0) is 37.5 Å². The van der Waals surface area contributed by atoms with Gasteiger partial charge in [0.2, 0.25) is 11.8 Å². The predicted octanol–water partition coefficient (Wildman–Crippen LogP) is 0.943. The van der Waals surface area contributed by atoms with Gasteiger partial charge in [-0.1, -0.05) is 12.1 Å². The first kappa shape index (κ1) is 14.4. The maximum absolute atomic E-state index is 12.3. The molecule has 1 aliphatic carbocycles. The fraction of sp³-hybridized carbons (Fsp3) is 0.467. The molecule has 1 aromatic carbocycles. The summed E-state index contributed by atoms with van der Waals surface area (Å²) in [6.07, 6.45) is 2.02. The molecule has 4 N–H and O–H groups in total. The topological polar surface area (TPSA) is 84.2 Å². The largest absolute Gasteiger partial charge is 0.399 e. The minimum absolute atomic E-state index is 0.00608. The van der Waals surface area contributed by atoms with Crippen LogP contribution in [0.25, 0.3) is 0 Å². The molecule has 1 aliphatic rings. The van der Waals surface area contributed by atoms with Gasteiger partial charge in [-0.15, -0.1) is 0 Å². The molecule has 108 valence electrons. The van der Waals surface area contributed by atoms with Gasteiger partial charge in [0.05, 0.1) is 5.41 Å². The van der Waals surface area contributed by atoms with Gasteiger partial charge in [-0.25, -0.2) is 0 Å². The van der Waals surface area contributed by atoms with Crippen molar-refractivity contribution in [2.45, 2.75) is 31.6 Å². The monoisotopic (exact) mass is 275 g/mol. The highest BCUT2D eigenvalue weighted by atomic mass is 16.2. The fourth-order valence-electron chi connectivity index (χ4n) is 2.32. The molecule has 1 saturated carbocycles. The van der Waals surface area contributed by atoms with E-state index < -0.39 is 5.41 Å². The van der Waals surface area contributed by atoms with Crippen LogP contribution in [0.2, 0.25) is 0 Å². The molecule has 0 unspecified atom stereocenters. The van der Waals surface area contributed by atoms with E-state index in [1.54, 1.807) is 0 Å². The molecule has 20 heavy (non-hydrogen) atoms. The Hall–Kier alpha value is -2.04. The lowest BCUT2D eigenvalue weighted by Gasteiger charge is -2.16. The molecule has 0 radical (unpaired) electrons. The lowest BCUT2D eigenvalue weighted by molar-refractivity contribution is -0.124. The zero-order valence-electron chi connectivity index (χ0n) is 11.7. The minimum Gasteiger partial charge on any atom is -0.399 e. The second-order valence-electron chi connectivity index (χ2n) is 5.16. The van der Waals surface area contributed by atoms with Gasteiger partial charge in [0.1, 0.15) is 0 Å². The summed E-state index contributed by atoms with van der Waals surface area (Å²) in [4.78, 5) is 23.6. The number of carbonyl (C=O) groups is 2. The quantitative estimate of drug-likeness (QED) is 0.676. The molecule has 0 atom stereocenters. The first-order valence-corrected chi connectivity index (χ1v) is 6.99. The van der Waals surface area contributed by atoms with E-state index in [-0.39, 0.29) is 11.8 Å². The van der Waals surface area contributed by atoms with Gasteiger partial charge >= 0.3 is 0 Å². The number of nitrogen functional groups attached to an aromatic ring is 1. The summed E-state index contributed by atoms with van der Waals surface area (Å²) in [5.74, 6) is -0.0308. The summed E-state index contributed by atoms with van der Waals surface area (Å²) >= 11 is 0. The maximum Gasteiger partial charge on any atom is 0.230 e. The highest BCUT2D eigenvalue weighted by Gasteiger charge is 2.50. The third kappa shape index (κ3) is 3.10. The lowest BCUT2D eigenvalue weighted by Crippen LogP contribution is -2.37. The van der Waals surface area contributed by atoms with E-state index in [0.29, 0.717) is 25.2 Å². The highest BCUT2D eigenvalue weighted by Crippen LogP contribution is 2.48. The van der Waals surface area contributed by atoms with Crippen LogP contribution in [0.3, 0.4) is 0 Å². The molecule has 2 amide bonds. The molecule has 1 aromatic rings. The Balaban J connectivity index is 1.89. The zero-order valence-corrected chi connectivity index (χ0v) is 11.7. The van der Waals surface area contributed by atoms with Crippen LogP contribution in [0.15, 0.2) is 24.3 Å². The van der Waals surface area contributed by atoms with Crippen LogP contribution >= 0.6 is 0 Å². The number of hydrogen-bond donors (Lipinski definition) is 3. The Kier molecular flexibility index (Phi) is 4.27. The van der Waals surface area contributed by atoms with Crippen LogP contribution in [-0.4, -0.2) is 24.9 Å². The lowest BCUT2D eigenvalue weighted by atomic mass is 9.95. The van der Waals surface area contributed by atoms with Crippen molar-refractivity contribution in [1.29, 1.82) is 0 Å². The molecule has 0 spiro atoms. The molecule has 0 heterocycles. The van der Waals surface area contributed by atoms with Crippen LogP contribution < -0.4 is 16.4 Å². The second-order valence-corrected chi connectivity index (χ2v) is 5.16. The van der Waals surface area contributed by atoms with Crippen LogP contribution in [-0.2, 0) is 15.0 Å². The van der Waals surface area contributed by atoms with Gasteiger partial charge in [-0.3, -0.25) is 9.59 Å². The average Bonchev–Trinajstić information content (AvgIpc) is 3.21. The Morgan fingerprint density at radius 3 is 2.40 bits per heavy atom. The molecule has 0 bridgehead atoms. The van der Waals surface area contributed by atoms with Crippen LogP contribution in [0.4, 0.5) is 5.69 Å². The van der Waals surface area contributed by atoms with Crippen molar-refractivity contribution >= 4 is 17.5 Å². The van der Waals surface area contributed by atoms with Gasteiger partial charge in [0, 0.05) is 25.2 Å². The molecule has 0 aromatic heterocycles. The molecular weight excluding hydrogens is 254 g/mol. The number of carbonyl (C=O) groups excluding carboxylic acids is 2. The summed E-state index contributed by atoms with van der Waals surface area (Å²) in [6.45, 7) is 2.86. The molecule has 2 rings (SSSR count). The van der Waals surface area contributed by atoms with Crippen molar-refractivity contribution in [3.05, 3.63) is 29.8 Å². The van der Waals surface area contributed by atoms with Crippen molar-refractivity contribution in [2.24, 2.45) is 0 Å². The van der Waals surface area contributed by atoms with E-state index in [0.717, 1.165) is 18.4 Å². The van der Waals surface area contributed by atoms with E-state index in [1.807, 2.05) is 31.2 Å². The normalized spacial score (nSPS) is 15.4. The highest BCUT2D eigenvalue weighted by molar-refractivity contribution is 5.91. The van der Waals surface area contributed by atoms with E-state index in [1.165, 1.54) is 0 Å². The summed E-state index contributed by atoms with van der Waals surface area (Å²) < 4.78 is 0. The van der Waals surface area contributed by atoms with Gasteiger partial charge in [-0.2, -0.15) is 0 Å². The van der Waals surface area contributed by atoms with Crippen molar-refractivity contribution in [3.63, 3.8) is 0 Å². The van der Waals surface area contributed by atoms with Crippen molar-refractivity contribution in [1.82, 2.24) is 10.6 Å². The van der Waals surface area contributed by atoms with Gasteiger partial charge in [0.15, 0.2) is 0 Å². The maximum atomic E-state index is 12.3. The molecular formula is C15H21N3O2. The number of amides is 2. The molecule has 1 fully saturated rings. The summed E-state index contributed by atoms with van der Waals surface area (Å²) in [5.41, 5.74) is 6.95. The molecule has 0 saturated heterocycles. The minimum atomic E-state index is -0.408. The Labute approximate surface area is 118 Å². The zero-order chi connectivity index (χ0) is 14.6. The van der Waals surface area contributed by atoms with Crippen LogP contribution in [0, 0.1) is 0 Å². The number of anilines is 1. The Bertz CT molecular complexity index is 492. The first-order chi connectivity index (χ1) is 9.58. The van der Waals surface area contributed by atoms with Crippen molar-refractivity contribution in [3.8, 4) is 0 Å². The van der Waals surface area contributed by atoms with Crippen LogP contribution in [0.5, 0.6) is 0 Å². The standard InChI is InChI=1S/C15H21N3O2/c1-2-17-13(19)7-10-18-14(20)15(8-9-15)11-3-5-12(16)6-4-11/h3-6H,2,7-10,16H2,1H3,(H,17,19)(H,18,20). The number of hydrogen-bond acceptors (Lipinski definition) is 3. The third-order valence-corrected chi connectivity index (χ3v) is 3.66. The summed E-state index contributed by atoms with van der Waals surface area (Å²) in [5, 5.41) is 5.56. The van der Waals surface area contributed by atoms with E-state index in [9.17, 15) is 9.59 Å². The molecule has 5 heteroatoms. The van der Waals surface area contributed by atoms with Gasteiger partial charge in [0.25, 0.3) is 0 Å². The number of nitrogens with one attached hydrogen (secondary N) is 2. The second kappa shape index (κ2) is 5.94. The average molecular weight is 275 g/mol. The number of benzene rings is 1. The summed E-state index contributed by atoms with van der Waals surface area (Å²) in [6, 6.07) is 7.45. The summed E-state index contributed by atoms with van der Waals surface area (Å²) in [7, 11) is 0.